The van der Waals surface area contributed by atoms with Crippen LogP contribution in [0, 0.1) is 23.2 Å². The lowest BCUT2D eigenvalue weighted by Gasteiger charge is -2.56. The van der Waals surface area contributed by atoms with E-state index in [2.05, 4.69) is 18.6 Å². The van der Waals surface area contributed by atoms with Crippen molar-refractivity contribution < 1.29 is 14.3 Å². The van der Waals surface area contributed by atoms with Crippen LogP contribution in [0.2, 0.25) is 0 Å². The van der Waals surface area contributed by atoms with E-state index in [1.807, 2.05) is 0 Å². The first-order valence-corrected chi connectivity index (χ1v) is 5.10. The third-order valence-corrected chi connectivity index (χ3v) is 4.16. The number of fused-ring (bicyclic) bond motifs is 2. The predicted molar refractivity (Wildman–Crippen MR) is 50.5 cm³/mol. The normalized spacial score (nSPS) is 38.8. The third kappa shape index (κ3) is 1.04. The molecule has 14 heavy (non-hydrogen) atoms. The predicted octanol–water partition coefficient (Wildman–Crippen LogP) is 1.41. The van der Waals surface area contributed by atoms with E-state index in [1.165, 1.54) is 7.11 Å². The van der Waals surface area contributed by atoms with E-state index in [4.69, 9.17) is 0 Å². The van der Waals surface area contributed by atoms with Crippen LogP contribution in [-0.2, 0) is 14.3 Å². The first kappa shape index (κ1) is 9.69. The zero-order valence-electron chi connectivity index (χ0n) is 8.87. The molecule has 3 fully saturated rings. The zero-order chi connectivity index (χ0) is 10.5. The Balaban J connectivity index is 2.16. The highest BCUT2D eigenvalue weighted by Gasteiger charge is 2.59. The molecule has 3 nitrogen and oxygen atoms in total. The molecule has 0 aromatic heterocycles. The molecule has 0 radical (unpaired) electrons. The lowest BCUT2D eigenvalue weighted by Crippen LogP contribution is -2.57. The SMILES string of the molecule is COC(=O)C1C[C@H]2C[C@@H](C1=O)C2(C)C. The Morgan fingerprint density at radius 1 is 1.43 bits per heavy atom. The second-order valence-corrected chi connectivity index (χ2v) is 5.02. The molecule has 3 atom stereocenters. The van der Waals surface area contributed by atoms with Gasteiger partial charge in [-0.1, -0.05) is 13.8 Å². The lowest BCUT2D eigenvalue weighted by molar-refractivity contribution is -0.169. The van der Waals surface area contributed by atoms with Crippen LogP contribution in [0.5, 0.6) is 0 Å². The number of esters is 1. The molecule has 0 aromatic rings. The molecule has 0 aliphatic heterocycles. The van der Waals surface area contributed by atoms with Gasteiger partial charge >= 0.3 is 5.97 Å². The Kier molecular flexibility index (Phi) is 1.95. The summed E-state index contributed by atoms with van der Waals surface area (Å²) in [6, 6.07) is 0. The molecule has 0 aromatic carbocycles. The Morgan fingerprint density at radius 2 is 2.07 bits per heavy atom. The van der Waals surface area contributed by atoms with Crippen molar-refractivity contribution in [3.05, 3.63) is 0 Å². The van der Waals surface area contributed by atoms with Crippen molar-refractivity contribution in [3.63, 3.8) is 0 Å². The number of hydrogen-bond donors (Lipinski definition) is 0. The minimum absolute atomic E-state index is 0.0883. The zero-order valence-corrected chi connectivity index (χ0v) is 8.87. The van der Waals surface area contributed by atoms with Crippen LogP contribution in [0.1, 0.15) is 26.7 Å². The smallest absolute Gasteiger partial charge is 0.316 e. The standard InChI is InChI=1S/C11H16O3/c1-11(2)6-4-7(10(13)14-3)9(12)8(11)5-6/h6-8H,4-5H2,1-3H3/t6-,7?,8-/m0/s1. The molecular formula is C11H16O3. The van der Waals surface area contributed by atoms with E-state index in [0.29, 0.717) is 12.3 Å². The van der Waals surface area contributed by atoms with Crippen LogP contribution in [0.25, 0.3) is 0 Å². The van der Waals surface area contributed by atoms with E-state index < -0.39 is 5.92 Å². The van der Waals surface area contributed by atoms with Gasteiger partial charge in [-0.25, -0.2) is 0 Å². The van der Waals surface area contributed by atoms with Crippen molar-refractivity contribution in [3.8, 4) is 0 Å². The quantitative estimate of drug-likeness (QED) is 0.470. The molecule has 78 valence electrons. The average Bonchev–Trinajstić information content (AvgIpc) is 2.16. The largest absolute Gasteiger partial charge is 0.468 e. The molecule has 0 heterocycles. The lowest BCUT2D eigenvalue weighted by atomic mass is 9.46. The van der Waals surface area contributed by atoms with E-state index >= 15 is 0 Å². The number of ether oxygens (including phenoxy) is 1. The maximum atomic E-state index is 11.9. The van der Waals surface area contributed by atoms with Gasteiger partial charge in [-0.2, -0.15) is 0 Å². The van der Waals surface area contributed by atoms with Gasteiger partial charge in [0.15, 0.2) is 5.78 Å². The van der Waals surface area contributed by atoms with Crippen LogP contribution in [0.15, 0.2) is 0 Å². The second-order valence-electron chi connectivity index (χ2n) is 5.02. The molecular weight excluding hydrogens is 180 g/mol. The number of methoxy groups -OCH3 is 1. The summed E-state index contributed by atoms with van der Waals surface area (Å²) in [5, 5.41) is 0. The van der Waals surface area contributed by atoms with E-state index in [-0.39, 0.29) is 23.1 Å². The number of Topliss-reactive ketones (excluding diaryl/α,β-unsaturated/α-hetero) is 1. The molecule has 0 saturated heterocycles. The molecule has 2 bridgehead atoms. The summed E-state index contributed by atoms with van der Waals surface area (Å²) >= 11 is 0. The van der Waals surface area contributed by atoms with Crippen molar-refractivity contribution in [1.82, 2.24) is 0 Å². The summed E-state index contributed by atoms with van der Waals surface area (Å²) in [7, 11) is 1.35. The van der Waals surface area contributed by atoms with Crippen molar-refractivity contribution in [2.45, 2.75) is 26.7 Å². The van der Waals surface area contributed by atoms with Gasteiger partial charge in [0.05, 0.1) is 7.11 Å². The van der Waals surface area contributed by atoms with Gasteiger partial charge in [-0.15, -0.1) is 0 Å². The van der Waals surface area contributed by atoms with Crippen molar-refractivity contribution >= 4 is 11.8 Å². The van der Waals surface area contributed by atoms with Gasteiger partial charge in [-0.05, 0) is 24.2 Å². The molecule has 3 rings (SSSR count). The maximum Gasteiger partial charge on any atom is 0.316 e. The molecule has 0 spiro atoms. The Labute approximate surface area is 83.8 Å². The first-order valence-electron chi connectivity index (χ1n) is 5.10. The third-order valence-electron chi connectivity index (χ3n) is 4.16. The van der Waals surface area contributed by atoms with Crippen LogP contribution in [0.3, 0.4) is 0 Å². The van der Waals surface area contributed by atoms with E-state index in [1.54, 1.807) is 0 Å². The minimum atomic E-state index is -0.475. The van der Waals surface area contributed by atoms with E-state index in [0.717, 1.165) is 6.42 Å². The summed E-state index contributed by atoms with van der Waals surface area (Å²) in [6.07, 6.45) is 1.66. The summed E-state index contributed by atoms with van der Waals surface area (Å²) in [4.78, 5) is 23.2. The van der Waals surface area contributed by atoms with Crippen LogP contribution >= 0.6 is 0 Å². The van der Waals surface area contributed by atoms with Crippen molar-refractivity contribution in [2.24, 2.45) is 23.2 Å². The number of ketones is 1. The number of rotatable bonds is 1. The monoisotopic (exact) mass is 196 g/mol. The Bertz CT molecular complexity index is 293. The van der Waals surface area contributed by atoms with E-state index in [9.17, 15) is 9.59 Å². The topological polar surface area (TPSA) is 43.4 Å². The molecule has 1 unspecified atom stereocenters. The summed E-state index contributed by atoms with van der Waals surface area (Å²) in [5.74, 6) is -0.110. The summed E-state index contributed by atoms with van der Waals surface area (Å²) in [6.45, 7) is 4.24. The highest BCUT2D eigenvalue weighted by atomic mass is 16.5. The van der Waals surface area contributed by atoms with Crippen LogP contribution < -0.4 is 0 Å². The van der Waals surface area contributed by atoms with Crippen molar-refractivity contribution in [2.75, 3.05) is 7.11 Å². The van der Waals surface area contributed by atoms with Gasteiger partial charge in [-0.3, -0.25) is 9.59 Å². The molecule has 3 aliphatic carbocycles. The highest BCUT2D eigenvalue weighted by molar-refractivity contribution is 6.02. The molecule has 3 saturated carbocycles. The number of carbonyl (C=O) groups excluding carboxylic acids is 2. The fourth-order valence-corrected chi connectivity index (χ4v) is 2.90. The van der Waals surface area contributed by atoms with Gasteiger partial charge < -0.3 is 4.74 Å². The molecule has 3 heteroatoms. The maximum absolute atomic E-state index is 11.9. The molecule has 3 aliphatic rings. The fraction of sp³-hybridized carbons (Fsp3) is 0.818. The fourth-order valence-electron chi connectivity index (χ4n) is 2.90. The molecule has 0 N–H and O–H groups in total. The number of carbonyl (C=O) groups is 2. The van der Waals surface area contributed by atoms with Crippen molar-refractivity contribution in [1.29, 1.82) is 0 Å². The minimum Gasteiger partial charge on any atom is -0.468 e. The van der Waals surface area contributed by atoms with Gasteiger partial charge in [0.2, 0.25) is 0 Å². The summed E-state index contributed by atoms with van der Waals surface area (Å²) in [5.41, 5.74) is 0.113. The summed E-state index contributed by atoms with van der Waals surface area (Å²) < 4.78 is 4.64. The Morgan fingerprint density at radius 3 is 2.50 bits per heavy atom. The van der Waals surface area contributed by atoms with Crippen LogP contribution in [-0.4, -0.2) is 18.9 Å². The first-order chi connectivity index (χ1) is 6.48. The van der Waals surface area contributed by atoms with Gasteiger partial charge in [0.1, 0.15) is 5.92 Å². The Hall–Kier alpha value is -0.860. The average molecular weight is 196 g/mol. The number of hydrogen-bond acceptors (Lipinski definition) is 3. The van der Waals surface area contributed by atoms with Gasteiger partial charge in [0.25, 0.3) is 0 Å². The second kappa shape index (κ2) is 2.81. The highest BCUT2D eigenvalue weighted by Crippen LogP contribution is 2.59. The molecule has 0 amide bonds. The van der Waals surface area contributed by atoms with Gasteiger partial charge in [0, 0.05) is 5.92 Å². The van der Waals surface area contributed by atoms with Crippen LogP contribution in [0.4, 0.5) is 0 Å².